The van der Waals surface area contributed by atoms with E-state index >= 15 is 0 Å². The van der Waals surface area contributed by atoms with E-state index in [0.29, 0.717) is 16.3 Å². The van der Waals surface area contributed by atoms with Crippen molar-refractivity contribution in [3.05, 3.63) is 42.5 Å². The van der Waals surface area contributed by atoms with Gasteiger partial charge in [0, 0.05) is 4.47 Å². The quantitative estimate of drug-likeness (QED) is 0.712. The van der Waals surface area contributed by atoms with Gasteiger partial charge in [-0.2, -0.15) is 0 Å². The Kier molecular flexibility index (Phi) is 4.32. The van der Waals surface area contributed by atoms with Gasteiger partial charge in [-0.15, -0.1) is 11.3 Å². The SMILES string of the molecule is Cc1cc(C(=O)Nc2c(C)cc(Br)cc2N)sc1Br. The first-order valence-electron chi connectivity index (χ1n) is 5.51. The van der Waals surface area contributed by atoms with Crippen LogP contribution in [-0.2, 0) is 0 Å². The Hall–Kier alpha value is -0.850. The van der Waals surface area contributed by atoms with Crippen molar-refractivity contribution < 1.29 is 4.79 Å². The van der Waals surface area contributed by atoms with Crippen LogP contribution in [0.4, 0.5) is 11.4 Å². The molecule has 0 aliphatic rings. The summed E-state index contributed by atoms with van der Waals surface area (Å²) in [5.41, 5.74) is 9.12. The summed E-state index contributed by atoms with van der Waals surface area (Å²) in [6.45, 7) is 3.86. The predicted molar refractivity (Wildman–Crippen MR) is 88.0 cm³/mol. The van der Waals surface area contributed by atoms with Gasteiger partial charge in [0.2, 0.25) is 0 Å². The number of hydrogen-bond donors (Lipinski definition) is 2. The van der Waals surface area contributed by atoms with Crippen molar-refractivity contribution in [2.45, 2.75) is 13.8 Å². The monoisotopic (exact) mass is 402 g/mol. The molecule has 0 atom stereocenters. The van der Waals surface area contributed by atoms with E-state index in [1.165, 1.54) is 11.3 Å². The van der Waals surface area contributed by atoms with Crippen LogP contribution in [0.3, 0.4) is 0 Å². The van der Waals surface area contributed by atoms with Crippen molar-refractivity contribution in [2.75, 3.05) is 11.1 Å². The highest BCUT2D eigenvalue weighted by atomic mass is 79.9. The van der Waals surface area contributed by atoms with Gasteiger partial charge in [0.05, 0.1) is 20.0 Å². The molecule has 100 valence electrons. The van der Waals surface area contributed by atoms with Crippen molar-refractivity contribution in [2.24, 2.45) is 0 Å². The summed E-state index contributed by atoms with van der Waals surface area (Å²) < 4.78 is 1.87. The summed E-state index contributed by atoms with van der Waals surface area (Å²) in [6.07, 6.45) is 0. The maximum Gasteiger partial charge on any atom is 0.265 e. The number of carbonyl (C=O) groups excluding carboxylic acids is 1. The molecule has 0 fully saturated rings. The molecule has 1 amide bonds. The van der Waals surface area contributed by atoms with Gasteiger partial charge < -0.3 is 11.1 Å². The van der Waals surface area contributed by atoms with Gasteiger partial charge >= 0.3 is 0 Å². The third-order valence-corrected chi connectivity index (χ3v) is 5.24. The van der Waals surface area contributed by atoms with Crippen molar-refractivity contribution in [3.8, 4) is 0 Å². The number of benzene rings is 1. The van der Waals surface area contributed by atoms with Crippen LogP contribution in [-0.4, -0.2) is 5.91 Å². The standard InChI is InChI=1S/C13H12Br2N2OS/c1-6-3-8(14)5-9(16)11(6)17-13(18)10-4-7(2)12(15)19-10/h3-5H,16H2,1-2H3,(H,17,18). The number of thiophene rings is 1. The van der Waals surface area contributed by atoms with Crippen LogP contribution in [0.1, 0.15) is 20.8 Å². The van der Waals surface area contributed by atoms with Gasteiger partial charge in [0.25, 0.3) is 5.91 Å². The van der Waals surface area contributed by atoms with Gasteiger partial charge in [0.1, 0.15) is 0 Å². The number of rotatable bonds is 2. The van der Waals surface area contributed by atoms with E-state index in [9.17, 15) is 4.79 Å². The fourth-order valence-electron chi connectivity index (χ4n) is 1.69. The smallest absolute Gasteiger partial charge is 0.265 e. The molecular formula is C13H12Br2N2OS. The van der Waals surface area contributed by atoms with Crippen molar-refractivity contribution in [1.82, 2.24) is 0 Å². The Morgan fingerprint density at radius 3 is 2.42 bits per heavy atom. The second-order valence-electron chi connectivity index (χ2n) is 4.21. The minimum Gasteiger partial charge on any atom is -0.397 e. The van der Waals surface area contributed by atoms with Crippen molar-refractivity contribution in [3.63, 3.8) is 0 Å². The molecular weight excluding hydrogens is 392 g/mol. The molecule has 0 saturated carbocycles. The van der Waals surface area contributed by atoms with Crippen LogP contribution in [0.15, 0.2) is 26.5 Å². The molecule has 1 aromatic heterocycles. The molecule has 0 unspecified atom stereocenters. The summed E-state index contributed by atoms with van der Waals surface area (Å²) in [6, 6.07) is 5.55. The minimum absolute atomic E-state index is 0.143. The van der Waals surface area contributed by atoms with Crippen molar-refractivity contribution in [1.29, 1.82) is 0 Å². The molecule has 3 nitrogen and oxygen atoms in total. The highest BCUT2D eigenvalue weighted by molar-refractivity contribution is 9.11. The molecule has 2 aromatic rings. The second-order valence-corrected chi connectivity index (χ2v) is 7.49. The van der Waals surface area contributed by atoms with Gasteiger partial charge in [-0.25, -0.2) is 0 Å². The first-order valence-corrected chi connectivity index (χ1v) is 7.91. The van der Waals surface area contributed by atoms with Gasteiger partial charge in [-0.3, -0.25) is 4.79 Å². The molecule has 0 saturated heterocycles. The Bertz CT molecular complexity index is 610. The Balaban J connectivity index is 2.29. The largest absolute Gasteiger partial charge is 0.397 e. The van der Waals surface area contributed by atoms with E-state index < -0.39 is 0 Å². The van der Waals surface area contributed by atoms with Crippen LogP contribution in [0, 0.1) is 13.8 Å². The topological polar surface area (TPSA) is 55.1 Å². The van der Waals surface area contributed by atoms with Crippen LogP contribution in [0.5, 0.6) is 0 Å². The van der Waals surface area contributed by atoms with E-state index in [-0.39, 0.29) is 5.91 Å². The number of anilines is 2. The zero-order valence-electron chi connectivity index (χ0n) is 10.4. The van der Waals surface area contributed by atoms with Crippen LogP contribution in [0.25, 0.3) is 0 Å². The molecule has 3 N–H and O–H groups in total. The molecule has 0 bridgehead atoms. The summed E-state index contributed by atoms with van der Waals surface area (Å²) in [5.74, 6) is -0.143. The summed E-state index contributed by atoms with van der Waals surface area (Å²) in [4.78, 5) is 12.8. The van der Waals surface area contributed by atoms with E-state index in [0.717, 1.165) is 19.4 Å². The van der Waals surface area contributed by atoms with E-state index in [1.807, 2.05) is 26.0 Å². The average Bonchev–Trinajstić information content (AvgIpc) is 2.64. The van der Waals surface area contributed by atoms with Crippen LogP contribution >= 0.6 is 43.2 Å². The highest BCUT2D eigenvalue weighted by Gasteiger charge is 2.14. The Morgan fingerprint density at radius 2 is 1.89 bits per heavy atom. The maximum atomic E-state index is 12.2. The van der Waals surface area contributed by atoms with E-state index in [2.05, 4.69) is 37.2 Å². The fraction of sp³-hybridized carbons (Fsp3) is 0.154. The normalized spacial score (nSPS) is 10.5. The first-order chi connectivity index (χ1) is 8.88. The Morgan fingerprint density at radius 1 is 1.21 bits per heavy atom. The lowest BCUT2D eigenvalue weighted by Crippen LogP contribution is -2.13. The fourth-order valence-corrected chi connectivity index (χ4v) is 3.71. The molecule has 19 heavy (non-hydrogen) atoms. The number of nitrogen functional groups attached to an aromatic ring is 1. The minimum atomic E-state index is -0.143. The number of aryl methyl sites for hydroxylation is 2. The van der Waals surface area contributed by atoms with Crippen LogP contribution < -0.4 is 11.1 Å². The second kappa shape index (κ2) is 5.64. The first kappa shape index (κ1) is 14.6. The average molecular weight is 404 g/mol. The lowest BCUT2D eigenvalue weighted by atomic mass is 10.1. The number of amides is 1. The molecule has 1 heterocycles. The third kappa shape index (κ3) is 3.19. The number of carbonyl (C=O) groups is 1. The van der Waals surface area contributed by atoms with E-state index in [4.69, 9.17) is 5.73 Å². The highest BCUT2D eigenvalue weighted by Crippen LogP contribution is 2.31. The van der Waals surface area contributed by atoms with Gasteiger partial charge in [-0.05, 0) is 59.1 Å². The molecule has 0 aliphatic carbocycles. The van der Waals surface area contributed by atoms with Crippen molar-refractivity contribution >= 4 is 60.5 Å². The lowest BCUT2D eigenvalue weighted by molar-refractivity contribution is 0.103. The van der Waals surface area contributed by atoms with Crippen LogP contribution in [0.2, 0.25) is 0 Å². The number of halogens is 2. The molecule has 0 radical (unpaired) electrons. The van der Waals surface area contributed by atoms with Gasteiger partial charge in [-0.1, -0.05) is 15.9 Å². The zero-order chi connectivity index (χ0) is 14.2. The molecule has 2 rings (SSSR count). The molecule has 0 aliphatic heterocycles. The molecule has 6 heteroatoms. The van der Waals surface area contributed by atoms with Gasteiger partial charge in [0.15, 0.2) is 0 Å². The zero-order valence-corrected chi connectivity index (χ0v) is 14.4. The predicted octanol–water partition coefficient (Wildman–Crippen LogP) is 4.72. The van der Waals surface area contributed by atoms with E-state index in [1.54, 1.807) is 6.07 Å². The summed E-state index contributed by atoms with van der Waals surface area (Å²) in [7, 11) is 0. The number of nitrogens with one attached hydrogen (secondary N) is 1. The molecule has 1 aromatic carbocycles. The summed E-state index contributed by atoms with van der Waals surface area (Å²) >= 11 is 8.20. The maximum absolute atomic E-state index is 12.2. The lowest BCUT2D eigenvalue weighted by Gasteiger charge is -2.11. The number of nitrogens with two attached hydrogens (primary N) is 1. The third-order valence-electron chi connectivity index (χ3n) is 2.65. The summed E-state index contributed by atoms with van der Waals surface area (Å²) in [5, 5.41) is 2.87. The number of hydrogen-bond acceptors (Lipinski definition) is 3. The molecule has 0 spiro atoms. The Labute approximate surface area is 132 Å².